The number of benzene rings is 1. The molecule has 0 aliphatic heterocycles. The van der Waals surface area contributed by atoms with E-state index in [4.69, 9.17) is 4.18 Å². The third kappa shape index (κ3) is 2.91. The first kappa shape index (κ1) is 8.56. The molecule has 0 N–H and O–H groups in total. The second kappa shape index (κ2) is 4.36. The standard InChI is InChI=1S/C8H9FOS/c1-11-10-6-7-2-4-8(9)5-3-7/h2-5H,6H2,1H3. The molecule has 0 bridgehead atoms. The molecule has 0 atom stereocenters. The van der Waals surface area contributed by atoms with Gasteiger partial charge in [-0.3, -0.25) is 0 Å². The molecule has 0 aliphatic carbocycles. The molecule has 0 saturated carbocycles. The van der Waals surface area contributed by atoms with Gasteiger partial charge in [-0.05, 0) is 29.7 Å². The minimum absolute atomic E-state index is 0.210. The van der Waals surface area contributed by atoms with Crippen LogP contribution in [-0.4, -0.2) is 6.26 Å². The Labute approximate surface area is 69.8 Å². The molecule has 0 amide bonds. The van der Waals surface area contributed by atoms with Crippen molar-refractivity contribution in [1.29, 1.82) is 0 Å². The van der Waals surface area contributed by atoms with Gasteiger partial charge in [0.15, 0.2) is 0 Å². The SMILES string of the molecule is CSOCc1ccc(F)cc1. The maximum atomic E-state index is 12.4. The van der Waals surface area contributed by atoms with Gasteiger partial charge in [-0.2, -0.15) is 0 Å². The molecule has 0 spiro atoms. The molecule has 3 heteroatoms. The fraction of sp³-hybridized carbons (Fsp3) is 0.250. The van der Waals surface area contributed by atoms with Crippen LogP contribution in [0.2, 0.25) is 0 Å². The predicted octanol–water partition coefficient (Wildman–Crippen LogP) is 2.62. The van der Waals surface area contributed by atoms with Gasteiger partial charge in [0.2, 0.25) is 0 Å². The highest BCUT2D eigenvalue weighted by Crippen LogP contribution is 2.07. The summed E-state index contributed by atoms with van der Waals surface area (Å²) in [6.07, 6.45) is 1.85. The molecular weight excluding hydrogens is 163 g/mol. The maximum absolute atomic E-state index is 12.4. The Morgan fingerprint density at radius 3 is 2.55 bits per heavy atom. The molecule has 0 fully saturated rings. The Bertz CT molecular complexity index is 210. The molecule has 0 unspecified atom stereocenters. The van der Waals surface area contributed by atoms with E-state index in [9.17, 15) is 4.39 Å². The third-order valence-electron chi connectivity index (χ3n) is 1.26. The normalized spacial score (nSPS) is 10.0. The van der Waals surface area contributed by atoms with Crippen molar-refractivity contribution in [2.75, 3.05) is 6.26 Å². The molecular formula is C8H9FOS. The molecule has 1 aromatic rings. The van der Waals surface area contributed by atoms with Gasteiger partial charge < -0.3 is 4.18 Å². The van der Waals surface area contributed by atoms with Crippen LogP contribution in [0.5, 0.6) is 0 Å². The van der Waals surface area contributed by atoms with Crippen LogP contribution in [-0.2, 0) is 10.8 Å². The van der Waals surface area contributed by atoms with Crippen LogP contribution in [0.1, 0.15) is 5.56 Å². The Morgan fingerprint density at radius 2 is 2.00 bits per heavy atom. The lowest BCUT2D eigenvalue weighted by atomic mass is 10.2. The summed E-state index contributed by atoms with van der Waals surface area (Å²) in [6, 6.07) is 6.29. The Hall–Kier alpha value is -0.540. The molecule has 11 heavy (non-hydrogen) atoms. The van der Waals surface area contributed by atoms with Gasteiger partial charge in [-0.1, -0.05) is 12.1 Å². The molecule has 0 aromatic heterocycles. The zero-order valence-electron chi connectivity index (χ0n) is 6.21. The third-order valence-corrected chi connectivity index (χ3v) is 1.61. The van der Waals surface area contributed by atoms with Crippen molar-refractivity contribution in [3.8, 4) is 0 Å². The summed E-state index contributed by atoms with van der Waals surface area (Å²) >= 11 is 1.31. The Balaban J connectivity index is 2.52. The summed E-state index contributed by atoms with van der Waals surface area (Å²) in [4.78, 5) is 0. The smallest absolute Gasteiger partial charge is 0.123 e. The van der Waals surface area contributed by atoms with Gasteiger partial charge in [0.05, 0.1) is 6.61 Å². The van der Waals surface area contributed by atoms with Gasteiger partial charge in [-0.15, -0.1) is 0 Å². The molecule has 1 nitrogen and oxygen atoms in total. The molecule has 0 heterocycles. The van der Waals surface area contributed by atoms with Crippen LogP contribution in [0, 0.1) is 5.82 Å². The molecule has 0 radical (unpaired) electrons. The lowest BCUT2D eigenvalue weighted by molar-refractivity contribution is 0.365. The van der Waals surface area contributed by atoms with Crippen molar-refractivity contribution in [2.45, 2.75) is 6.61 Å². The Morgan fingerprint density at radius 1 is 1.36 bits per heavy atom. The topological polar surface area (TPSA) is 9.23 Å². The largest absolute Gasteiger partial charge is 0.311 e. The van der Waals surface area contributed by atoms with E-state index in [1.807, 2.05) is 6.26 Å². The monoisotopic (exact) mass is 172 g/mol. The summed E-state index contributed by atoms with van der Waals surface area (Å²) in [7, 11) is 0. The van der Waals surface area contributed by atoms with Crippen LogP contribution in [0.15, 0.2) is 24.3 Å². The molecule has 0 saturated heterocycles. The van der Waals surface area contributed by atoms with E-state index in [2.05, 4.69) is 0 Å². The van der Waals surface area contributed by atoms with Crippen molar-refractivity contribution >= 4 is 12.0 Å². The van der Waals surface area contributed by atoms with Crippen molar-refractivity contribution in [1.82, 2.24) is 0 Å². The first-order valence-corrected chi connectivity index (χ1v) is 4.38. The van der Waals surface area contributed by atoms with Gasteiger partial charge in [0.25, 0.3) is 0 Å². The lowest BCUT2D eigenvalue weighted by Crippen LogP contribution is -1.84. The number of rotatable bonds is 3. The quantitative estimate of drug-likeness (QED) is 0.648. The van der Waals surface area contributed by atoms with Crippen molar-refractivity contribution in [3.05, 3.63) is 35.6 Å². The molecule has 0 aliphatic rings. The zero-order chi connectivity index (χ0) is 8.10. The number of hydrogen-bond acceptors (Lipinski definition) is 2. The van der Waals surface area contributed by atoms with Crippen molar-refractivity contribution < 1.29 is 8.57 Å². The molecule has 1 aromatic carbocycles. The van der Waals surface area contributed by atoms with Gasteiger partial charge in [-0.25, -0.2) is 4.39 Å². The summed E-state index contributed by atoms with van der Waals surface area (Å²) < 4.78 is 17.4. The summed E-state index contributed by atoms with van der Waals surface area (Å²) in [5, 5.41) is 0. The van der Waals surface area contributed by atoms with Crippen molar-refractivity contribution in [3.63, 3.8) is 0 Å². The number of hydrogen-bond donors (Lipinski definition) is 0. The second-order valence-corrected chi connectivity index (χ2v) is 2.62. The van der Waals surface area contributed by atoms with Gasteiger partial charge >= 0.3 is 0 Å². The summed E-state index contributed by atoms with van der Waals surface area (Å²) in [5.41, 5.74) is 0.987. The highest BCUT2D eigenvalue weighted by molar-refractivity contribution is 7.93. The zero-order valence-corrected chi connectivity index (χ0v) is 7.03. The van der Waals surface area contributed by atoms with Crippen LogP contribution in [0.25, 0.3) is 0 Å². The molecule has 1 rings (SSSR count). The van der Waals surface area contributed by atoms with Crippen LogP contribution >= 0.6 is 12.0 Å². The first-order chi connectivity index (χ1) is 5.33. The van der Waals surface area contributed by atoms with E-state index < -0.39 is 0 Å². The summed E-state index contributed by atoms with van der Waals surface area (Å²) in [6.45, 7) is 0.529. The van der Waals surface area contributed by atoms with Crippen LogP contribution < -0.4 is 0 Å². The summed E-state index contributed by atoms with van der Waals surface area (Å²) in [5.74, 6) is -0.210. The van der Waals surface area contributed by atoms with Crippen LogP contribution in [0.3, 0.4) is 0 Å². The fourth-order valence-electron chi connectivity index (χ4n) is 0.708. The first-order valence-electron chi connectivity index (χ1n) is 3.23. The van der Waals surface area contributed by atoms with Gasteiger partial charge in [0, 0.05) is 6.26 Å². The van der Waals surface area contributed by atoms with E-state index in [0.29, 0.717) is 6.61 Å². The fourth-order valence-corrected chi connectivity index (χ4v) is 0.962. The second-order valence-electron chi connectivity index (χ2n) is 2.06. The Kier molecular flexibility index (Phi) is 3.39. The van der Waals surface area contributed by atoms with Gasteiger partial charge in [0.1, 0.15) is 5.82 Å². The van der Waals surface area contributed by atoms with E-state index in [-0.39, 0.29) is 5.82 Å². The minimum atomic E-state index is -0.210. The van der Waals surface area contributed by atoms with E-state index >= 15 is 0 Å². The highest BCUT2D eigenvalue weighted by atomic mass is 32.2. The van der Waals surface area contributed by atoms with Crippen molar-refractivity contribution in [2.24, 2.45) is 0 Å². The van der Waals surface area contributed by atoms with E-state index in [0.717, 1.165) is 5.56 Å². The minimum Gasteiger partial charge on any atom is -0.311 e. The van der Waals surface area contributed by atoms with E-state index in [1.165, 1.54) is 24.2 Å². The maximum Gasteiger partial charge on any atom is 0.123 e. The average Bonchev–Trinajstić information content (AvgIpc) is 2.04. The molecule has 60 valence electrons. The lowest BCUT2D eigenvalue weighted by Gasteiger charge is -1.98. The highest BCUT2D eigenvalue weighted by Gasteiger charge is 1.92. The average molecular weight is 172 g/mol. The number of halogens is 1. The predicted molar refractivity (Wildman–Crippen MR) is 44.7 cm³/mol. The van der Waals surface area contributed by atoms with Crippen LogP contribution in [0.4, 0.5) is 4.39 Å². The van der Waals surface area contributed by atoms with E-state index in [1.54, 1.807) is 12.1 Å².